The number of thiocarbonyl (C=S) groups is 1. The zero-order valence-electron chi connectivity index (χ0n) is 14.0. The van der Waals surface area contributed by atoms with Crippen LogP contribution in [0.5, 0.6) is 5.75 Å². The Labute approximate surface area is 166 Å². The number of carbonyl (C=O) groups is 1. The zero-order valence-corrected chi connectivity index (χ0v) is 16.9. The Hall–Kier alpha value is -1.71. The molecule has 0 aliphatic heterocycles. The number of methoxy groups -OCH3 is 1. The monoisotopic (exact) mass is 470 g/mol. The van der Waals surface area contributed by atoms with E-state index in [9.17, 15) is 4.79 Å². The molecule has 25 heavy (non-hydrogen) atoms. The van der Waals surface area contributed by atoms with Gasteiger partial charge >= 0.3 is 0 Å². The lowest BCUT2D eigenvalue weighted by molar-refractivity contribution is 0.0977. The van der Waals surface area contributed by atoms with Crippen molar-refractivity contribution in [1.82, 2.24) is 5.32 Å². The summed E-state index contributed by atoms with van der Waals surface area (Å²) in [6.45, 7) is 2.98. The Balaban J connectivity index is 1.94. The molecule has 0 unspecified atom stereocenters. The predicted molar refractivity (Wildman–Crippen MR) is 111 cm³/mol. The van der Waals surface area contributed by atoms with Gasteiger partial charge in [-0.25, -0.2) is 0 Å². The third-order valence-corrected chi connectivity index (χ3v) is 4.68. The van der Waals surface area contributed by atoms with Crippen LogP contribution in [0.3, 0.4) is 0 Å². The Morgan fingerprint density at radius 1 is 1.20 bits per heavy atom. The largest absolute Gasteiger partial charge is 0.491 e. The van der Waals surface area contributed by atoms with Crippen LogP contribution in [0, 0.1) is 10.5 Å². The first-order valence-electron chi connectivity index (χ1n) is 7.60. The van der Waals surface area contributed by atoms with Crippen molar-refractivity contribution in [2.45, 2.75) is 6.92 Å². The minimum atomic E-state index is -0.247. The van der Waals surface area contributed by atoms with Crippen molar-refractivity contribution in [1.29, 1.82) is 0 Å². The van der Waals surface area contributed by atoms with Crippen LogP contribution in [0.25, 0.3) is 0 Å². The van der Waals surface area contributed by atoms with E-state index >= 15 is 0 Å². The molecule has 0 atom stereocenters. The van der Waals surface area contributed by atoms with Crippen LogP contribution >= 0.6 is 34.8 Å². The van der Waals surface area contributed by atoms with Crippen molar-refractivity contribution in [2.75, 3.05) is 25.6 Å². The highest BCUT2D eigenvalue weighted by Gasteiger charge is 2.09. The van der Waals surface area contributed by atoms with E-state index in [0.29, 0.717) is 24.5 Å². The van der Waals surface area contributed by atoms with E-state index in [1.54, 1.807) is 13.2 Å². The molecule has 0 spiro atoms. The van der Waals surface area contributed by atoms with Crippen molar-refractivity contribution in [2.24, 2.45) is 0 Å². The van der Waals surface area contributed by atoms with Gasteiger partial charge in [-0.2, -0.15) is 0 Å². The van der Waals surface area contributed by atoms with Crippen molar-refractivity contribution in [3.63, 3.8) is 0 Å². The summed E-state index contributed by atoms with van der Waals surface area (Å²) in [5.74, 6) is 0.451. The van der Waals surface area contributed by atoms with Gasteiger partial charge in [-0.3, -0.25) is 10.1 Å². The molecular formula is C18H19IN2O3S. The Morgan fingerprint density at radius 3 is 2.72 bits per heavy atom. The third-order valence-electron chi connectivity index (χ3n) is 3.31. The molecule has 0 saturated heterocycles. The number of rotatable bonds is 6. The number of halogens is 1. The highest BCUT2D eigenvalue weighted by atomic mass is 127. The molecule has 0 bridgehead atoms. The number of ether oxygens (including phenoxy) is 2. The highest BCUT2D eigenvalue weighted by Crippen LogP contribution is 2.17. The third kappa shape index (κ3) is 6.26. The summed E-state index contributed by atoms with van der Waals surface area (Å²) < 4.78 is 11.5. The minimum Gasteiger partial charge on any atom is -0.491 e. The highest BCUT2D eigenvalue weighted by molar-refractivity contribution is 14.1. The number of anilines is 1. The van der Waals surface area contributed by atoms with E-state index in [2.05, 4.69) is 33.2 Å². The van der Waals surface area contributed by atoms with Crippen LogP contribution in [-0.4, -0.2) is 31.3 Å². The van der Waals surface area contributed by atoms with Gasteiger partial charge in [0.25, 0.3) is 5.91 Å². The summed E-state index contributed by atoms with van der Waals surface area (Å²) in [7, 11) is 1.62. The van der Waals surface area contributed by atoms with Crippen molar-refractivity contribution in [3.05, 3.63) is 57.2 Å². The first-order chi connectivity index (χ1) is 12.0. The van der Waals surface area contributed by atoms with E-state index < -0.39 is 0 Å². The molecule has 0 heterocycles. The Morgan fingerprint density at radius 2 is 2.00 bits per heavy atom. The number of benzene rings is 2. The van der Waals surface area contributed by atoms with Crippen LogP contribution in [0.15, 0.2) is 42.5 Å². The fourth-order valence-electron chi connectivity index (χ4n) is 1.98. The molecule has 1 amide bonds. The quantitative estimate of drug-likeness (QED) is 0.383. The summed E-state index contributed by atoms with van der Waals surface area (Å²) in [4.78, 5) is 12.3. The normalized spacial score (nSPS) is 10.2. The number of hydrogen-bond donors (Lipinski definition) is 2. The van der Waals surface area contributed by atoms with E-state index in [-0.39, 0.29) is 11.0 Å². The lowest BCUT2D eigenvalue weighted by Gasteiger charge is -2.12. The van der Waals surface area contributed by atoms with Crippen molar-refractivity contribution >= 4 is 51.5 Å². The molecule has 2 N–H and O–H groups in total. The summed E-state index contributed by atoms with van der Waals surface area (Å²) in [6, 6.07) is 12.9. The standard InChI is InChI=1S/C18H19IN2O3S/c1-12-6-7-13(10-16(12)19)17(22)21-18(25)20-14-4-3-5-15(11-14)24-9-8-23-2/h3-7,10-11H,8-9H2,1-2H3,(H2,20,21,22,25). The summed E-state index contributed by atoms with van der Waals surface area (Å²) >= 11 is 7.42. The Bertz CT molecular complexity index is 768. The minimum absolute atomic E-state index is 0.231. The van der Waals surface area contributed by atoms with E-state index in [4.69, 9.17) is 21.7 Å². The molecule has 0 fully saturated rings. The van der Waals surface area contributed by atoms with Crippen molar-refractivity contribution < 1.29 is 14.3 Å². The van der Waals surface area contributed by atoms with Crippen LogP contribution in [0.4, 0.5) is 5.69 Å². The first-order valence-corrected chi connectivity index (χ1v) is 9.08. The summed E-state index contributed by atoms with van der Waals surface area (Å²) in [5, 5.41) is 5.90. The second kappa shape index (κ2) is 9.69. The van der Waals surface area contributed by atoms with Gasteiger partial charge in [-0.05, 0) is 71.6 Å². The van der Waals surface area contributed by atoms with Crippen LogP contribution in [-0.2, 0) is 4.74 Å². The molecule has 0 radical (unpaired) electrons. The molecule has 5 nitrogen and oxygen atoms in total. The van der Waals surface area contributed by atoms with Crippen LogP contribution in [0.2, 0.25) is 0 Å². The molecule has 2 aromatic rings. The number of aryl methyl sites for hydroxylation is 1. The van der Waals surface area contributed by atoms with Crippen LogP contribution < -0.4 is 15.4 Å². The molecule has 0 saturated carbocycles. The molecule has 7 heteroatoms. The topological polar surface area (TPSA) is 59.6 Å². The molecule has 132 valence electrons. The Kier molecular flexibility index (Phi) is 7.60. The molecule has 0 aromatic heterocycles. The maximum Gasteiger partial charge on any atom is 0.257 e. The van der Waals surface area contributed by atoms with E-state index in [1.807, 2.05) is 43.3 Å². The van der Waals surface area contributed by atoms with Crippen LogP contribution in [0.1, 0.15) is 15.9 Å². The van der Waals surface area contributed by atoms with Gasteiger partial charge in [0.2, 0.25) is 0 Å². The van der Waals surface area contributed by atoms with Crippen molar-refractivity contribution in [3.8, 4) is 5.75 Å². The van der Waals surface area contributed by atoms with E-state index in [1.165, 1.54) is 0 Å². The molecule has 2 rings (SSSR count). The second-order valence-corrected chi connectivity index (χ2v) is 6.81. The number of amides is 1. The molecule has 0 aliphatic carbocycles. The average molecular weight is 470 g/mol. The van der Waals surface area contributed by atoms with Gasteiger partial charge < -0.3 is 14.8 Å². The fourth-order valence-corrected chi connectivity index (χ4v) is 2.70. The molecule has 0 aliphatic rings. The molecular weight excluding hydrogens is 451 g/mol. The van der Waals surface area contributed by atoms with Gasteiger partial charge in [-0.15, -0.1) is 0 Å². The number of hydrogen-bond acceptors (Lipinski definition) is 4. The van der Waals surface area contributed by atoms with Gasteiger partial charge in [-0.1, -0.05) is 12.1 Å². The SMILES string of the molecule is COCCOc1cccc(NC(=S)NC(=O)c2ccc(C)c(I)c2)c1. The smallest absolute Gasteiger partial charge is 0.257 e. The maximum absolute atomic E-state index is 12.3. The summed E-state index contributed by atoms with van der Waals surface area (Å²) in [6.07, 6.45) is 0. The lowest BCUT2D eigenvalue weighted by Crippen LogP contribution is -2.34. The van der Waals surface area contributed by atoms with Gasteiger partial charge in [0.1, 0.15) is 12.4 Å². The second-order valence-electron chi connectivity index (χ2n) is 5.24. The number of carbonyl (C=O) groups excluding carboxylic acids is 1. The number of nitrogens with one attached hydrogen (secondary N) is 2. The molecule has 2 aromatic carbocycles. The van der Waals surface area contributed by atoms with Gasteiger partial charge in [0, 0.05) is 28.0 Å². The van der Waals surface area contributed by atoms with Gasteiger partial charge in [0.15, 0.2) is 5.11 Å². The van der Waals surface area contributed by atoms with E-state index in [0.717, 1.165) is 14.8 Å². The zero-order chi connectivity index (χ0) is 18.2. The van der Waals surface area contributed by atoms with Gasteiger partial charge in [0.05, 0.1) is 6.61 Å². The predicted octanol–water partition coefficient (Wildman–Crippen LogP) is 3.75. The summed E-state index contributed by atoms with van der Waals surface area (Å²) in [5.41, 5.74) is 2.43. The maximum atomic E-state index is 12.3. The fraction of sp³-hybridized carbons (Fsp3) is 0.222. The lowest BCUT2D eigenvalue weighted by atomic mass is 10.1. The average Bonchev–Trinajstić information content (AvgIpc) is 2.57. The first kappa shape index (κ1) is 19.6.